The lowest BCUT2D eigenvalue weighted by Gasteiger charge is -2.09. The van der Waals surface area contributed by atoms with Gasteiger partial charge in [0, 0.05) is 10.0 Å². The van der Waals surface area contributed by atoms with Crippen molar-refractivity contribution in [3.63, 3.8) is 0 Å². The Kier molecular flexibility index (Phi) is 6.64. The monoisotopic (exact) mass is 472 g/mol. The largest absolute Gasteiger partial charge is 0.507 e. The van der Waals surface area contributed by atoms with E-state index < -0.39 is 11.9 Å². The quantitative estimate of drug-likeness (QED) is 0.241. The Labute approximate surface area is 179 Å². The van der Waals surface area contributed by atoms with Gasteiger partial charge in [-0.3, -0.25) is 4.79 Å². The number of nitrogens with zero attached hydrogens (tertiary/aromatic N) is 1. The number of rotatable bonds is 5. The van der Waals surface area contributed by atoms with E-state index in [4.69, 9.17) is 16.3 Å². The minimum atomic E-state index is -0.620. The summed E-state index contributed by atoms with van der Waals surface area (Å²) in [6.45, 7) is 0. The van der Waals surface area contributed by atoms with Gasteiger partial charge in [0.2, 0.25) is 0 Å². The molecule has 3 rings (SSSR count). The van der Waals surface area contributed by atoms with Gasteiger partial charge in [0.15, 0.2) is 0 Å². The van der Waals surface area contributed by atoms with Gasteiger partial charge in [-0.1, -0.05) is 51.8 Å². The highest BCUT2D eigenvalue weighted by Gasteiger charge is 2.14. The van der Waals surface area contributed by atoms with Crippen molar-refractivity contribution in [3.05, 3.63) is 92.9 Å². The van der Waals surface area contributed by atoms with Crippen molar-refractivity contribution < 1.29 is 19.4 Å². The number of para-hydroxylation sites is 1. The van der Waals surface area contributed by atoms with Crippen molar-refractivity contribution in [3.8, 4) is 11.5 Å². The lowest BCUT2D eigenvalue weighted by atomic mass is 10.2. The van der Waals surface area contributed by atoms with Crippen LogP contribution in [-0.4, -0.2) is 23.2 Å². The van der Waals surface area contributed by atoms with Crippen molar-refractivity contribution in [2.75, 3.05) is 0 Å². The molecular formula is C21H14BrClN2O4. The van der Waals surface area contributed by atoms with Gasteiger partial charge < -0.3 is 9.84 Å². The molecule has 0 aliphatic rings. The number of phenols is 1. The molecule has 6 nitrogen and oxygen atoms in total. The Balaban J connectivity index is 1.77. The third-order valence-electron chi connectivity index (χ3n) is 3.79. The van der Waals surface area contributed by atoms with E-state index in [1.807, 2.05) is 0 Å². The van der Waals surface area contributed by atoms with Crippen LogP contribution in [-0.2, 0) is 0 Å². The van der Waals surface area contributed by atoms with E-state index >= 15 is 0 Å². The van der Waals surface area contributed by atoms with Crippen molar-refractivity contribution >= 4 is 45.6 Å². The molecule has 146 valence electrons. The second-order valence-electron chi connectivity index (χ2n) is 5.77. The predicted molar refractivity (Wildman–Crippen MR) is 114 cm³/mol. The number of amides is 1. The fourth-order valence-corrected chi connectivity index (χ4v) is 2.97. The molecule has 29 heavy (non-hydrogen) atoms. The summed E-state index contributed by atoms with van der Waals surface area (Å²) in [7, 11) is 0. The molecule has 1 amide bonds. The number of nitrogens with one attached hydrogen (secondary N) is 1. The van der Waals surface area contributed by atoms with E-state index in [9.17, 15) is 14.7 Å². The summed E-state index contributed by atoms with van der Waals surface area (Å²) in [6.07, 6.45) is 1.33. The summed E-state index contributed by atoms with van der Waals surface area (Å²) in [6, 6.07) is 17.6. The number of phenolic OH excluding ortho intramolecular Hbond substituents is 1. The molecule has 0 aromatic heterocycles. The fourth-order valence-electron chi connectivity index (χ4n) is 2.38. The Morgan fingerprint density at radius 3 is 2.45 bits per heavy atom. The van der Waals surface area contributed by atoms with E-state index in [-0.39, 0.29) is 27.6 Å². The molecule has 8 heteroatoms. The first-order valence-electron chi connectivity index (χ1n) is 8.33. The number of ether oxygens (including phenoxy) is 1. The van der Waals surface area contributed by atoms with Crippen LogP contribution in [0.2, 0.25) is 5.02 Å². The molecule has 0 aliphatic heterocycles. The number of hydrogen-bond acceptors (Lipinski definition) is 5. The molecule has 0 radical (unpaired) electrons. The van der Waals surface area contributed by atoms with Crippen LogP contribution >= 0.6 is 27.5 Å². The van der Waals surface area contributed by atoms with Crippen LogP contribution < -0.4 is 10.2 Å². The number of benzene rings is 3. The van der Waals surface area contributed by atoms with Crippen LogP contribution in [0.3, 0.4) is 0 Å². The predicted octanol–water partition coefficient (Wildman–Crippen LogP) is 4.79. The van der Waals surface area contributed by atoms with Crippen LogP contribution in [0.4, 0.5) is 0 Å². The highest BCUT2D eigenvalue weighted by Crippen LogP contribution is 2.24. The third-order valence-corrected chi connectivity index (χ3v) is 4.61. The lowest BCUT2D eigenvalue weighted by Crippen LogP contribution is -2.17. The number of esters is 1. The maximum Gasteiger partial charge on any atom is 0.345 e. The van der Waals surface area contributed by atoms with Crippen molar-refractivity contribution in [2.24, 2.45) is 5.10 Å². The Morgan fingerprint density at radius 2 is 1.72 bits per heavy atom. The average molecular weight is 474 g/mol. The van der Waals surface area contributed by atoms with Crippen LogP contribution in [0.25, 0.3) is 0 Å². The molecule has 2 N–H and O–H groups in total. The maximum atomic E-state index is 12.4. The summed E-state index contributed by atoms with van der Waals surface area (Å²) < 4.78 is 6.17. The zero-order valence-electron chi connectivity index (χ0n) is 14.8. The number of aromatic hydroxyl groups is 1. The van der Waals surface area contributed by atoms with E-state index in [0.29, 0.717) is 5.56 Å². The average Bonchev–Trinajstić information content (AvgIpc) is 2.70. The Hall–Kier alpha value is -3.16. The minimum absolute atomic E-state index is 0.0873. The highest BCUT2D eigenvalue weighted by molar-refractivity contribution is 9.10. The smallest absolute Gasteiger partial charge is 0.345 e. The molecular weight excluding hydrogens is 460 g/mol. The maximum absolute atomic E-state index is 12.4. The summed E-state index contributed by atoms with van der Waals surface area (Å²) in [5, 5.41) is 13.9. The first-order chi connectivity index (χ1) is 14.0. The first-order valence-corrected chi connectivity index (χ1v) is 9.50. The zero-order chi connectivity index (χ0) is 20.8. The zero-order valence-corrected chi connectivity index (χ0v) is 17.1. The summed E-state index contributed by atoms with van der Waals surface area (Å²) in [5.74, 6) is -1.12. The van der Waals surface area contributed by atoms with Gasteiger partial charge in [0.1, 0.15) is 11.5 Å². The molecule has 0 aliphatic carbocycles. The number of hydrogen-bond donors (Lipinski definition) is 2. The summed E-state index contributed by atoms with van der Waals surface area (Å²) in [5.41, 5.74) is 3.08. The van der Waals surface area contributed by atoms with Gasteiger partial charge in [-0.15, -0.1) is 0 Å². The number of hydrazone groups is 1. The van der Waals surface area contributed by atoms with E-state index in [0.717, 1.165) is 4.47 Å². The third kappa shape index (κ3) is 5.22. The second kappa shape index (κ2) is 9.36. The SMILES string of the molecule is O=C(N/N=C/c1cc(Br)ccc1OC(=O)c1ccccc1Cl)c1ccccc1O. The van der Waals surface area contributed by atoms with Crippen LogP contribution in [0, 0.1) is 0 Å². The fraction of sp³-hybridized carbons (Fsp3) is 0. The molecule has 0 unspecified atom stereocenters. The van der Waals surface area contributed by atoms with E-state index in [2.05, 4.69) is 26.5 Å². The molecule has 0 atom stereocenters. The van der Waals surface area contributed by atoms with Crippen molar-refractivity contribution in [2.45, 2.75) is 0 Å². The van der Waals surface area contributed by atoms with E-state index in [1.165, 1.54) is 18.3 Å². The first kappa shape index (κ1) is 20.6. The normalized spacial score (nSPS) is 10.7. The Morgan fingerprint density at radius 1 is 1.03 bits per heavy atom. The molecule has 0 fully saturated rings. The molecule has 0 bridgehead atoms. The lowest BCUT2D eigenvalue weighted by molar-refractivity contribution is 0.0734. The molecule has 0 saturated carbocycles. The number of halogens is 2. The molecule has 0 heterocycles. The second-order valence-corrected chi connectivity index (χ2v) is 7.09. The van der Waals surface area contributed by atoms with Crippen LogP contribution in [0.5, 0.6) is 11.5 Å². The molecule has 0 spiro atoms. The van der Waals surface area contributed by atoms with Gasteiger partial charge in [-0.2, -0.15) is 5.10 Å². The summed E-state index contributed by atoms with van der Waals surface area (Å²) in [4.78, 5) is 24.5. The standard InChI is InChI=1S/C21H14BrClN2O4/c22-14-9-10-19(29-21(28)15-5-1-3-7-17(15)23)13(11-14)12-24-25-20(27)16-6-2-4-8-18(16)26/h1-12,26H,(H,25,27)/b24-12+. The molecule has 0 saturated heterocycles. The topological polar surface area (TPSA) is 88.0 Å². The van der Waals surface area contributed by atoms with Gasteiger partial charge in [-0.05, 0) is 42.5 Å². The van der Waals surface area contributed by atoms with Crippen LogP contribution in [0.15, 0.2) is 76.3 Å². The van der Waals surface area contributed by atoms with Gasteiger partial charge in [0.05, 0.1) is 22.4 Å². The number of carbonyl (C=O) groups excluding carboxylic acids is 2. The van der Waals surface area contributed by atoms with E-state index in [1.54, 1.807) is 54.6 Å². The van der Waals surface area contributed by atoms with Crippen LogP contribution in [0.1, 0.15) is 26.3 Å². The van der Waals surface area contributed by atoms with Gasteiger partial charge in [-0.25, -0.2) is 10.2 Å². The minimum Gasteiger partial charge on any atom is -0.507 e. The number of carbonyl (C=O) groups is 2. The molecule has 3 aromatic rings. The van der Waals surface area contributed by atoms with Crippen molar-refractivity contribution in [1.82, 2.24) is 5.43 Å². The summed E-state index contributed by atoms with van der Waals surface area (Å²) >= 11 is 9.38. The van der Waals surface area contributed by atoms with Gasteiger partial charge in [0.25, 0.3) is 5.91 Å². The molecule has 3 aromatic carbocycles. The van der Waals surface area contributed by atoms with Crippen molar-refractivity contribution in [1.29, 1.82) is 0 Å². The highest BCUT2D eigenvalue weighted by atomic mass is 79.9. The van der Waals surface area contributed by atoms with Gasteiger partial charge >= 0.3 is 5.97 Å². The Bertz CT molecular complexity index is 1100.